The molecule has 0 saturated heterocycles. The van der Waals surface area contributed by atoms with Gasteiger partial charge in [-0.05, 0) is 34.8 Å². The van der Waals surface area contributed by atoms with Crippen molar-refractivity contribution in [1.82, 2.24) is 4.98 Å². The van der Waals surface area contributed by atoms with Crippen molar-refractivity contribution in [3.63, 3.8) is 0 Å². The number of hydrogen-bond donors (Lipinski definition) is 2. The minimum atomic E-state index is 0.358. The van der Waals surface area contributed by atoms with Crippen molar-refractivity contribution < 1.29 is 0 Å². The summed E-state index contributed by atoms with van der Waals surface area (Å²) in [5, 5.41) is 3.83. The lowest BCUT2D eigenvalue weighted by Crippen LogP contribution is -2.44. The van der Waals surface area contributed by atoms with Gasteiger partial charge in [0.2, 0.25) is 0 Å². The number of nitrogens with two attached hydrogens (primary N) is 1. The Morgan fingerprint density at radius 3 is 2.86 bits per heavy atom. The second kappa shape index (κ2) is 4.04. The van der Waals surface area contributed by atoms with Crippen molar-refractivity contribution in [1.29, 1.82) is 0 Å². The maximum absolute atomic E-state index is 5.78. The van der Waals surface area contributed by atoms with E-state index in [1.54, 1.807) is 6.20 Å². The lowest BCUT2D eigenvalue weighted by molar-refractivity contribution is 0.373. The molecule has 0 spiro atoms. The van der Waals surface area contributed by atoms with E-state index in [0.29, 0.717) is 17.2 Å². The predicted molar refractivity (Wildman–Crippen MR) is 61.6 cm³/mol. The monoisotopic (exact) mass is 275 g/mol. The van der Waals surface area contributed by atoms with Gasteiger partial charge < -0.3 is 11.1 Å². The molecule has 2 rings (SSSR count). The SMILES string of the molecule is NC1CC(Nc2cnc(Cl)c(Br)c2)C1. The number of nitrogens with zero attached hydrogens (tertiary/aromatic N) is 1. The molecular weight excluding hydrogens is 265 g/mol. The summed E-state index contributed by atoms with van der Waals surface area (Å²) in [5.74, 6) is 0. The molecule has 0 amide bonds. The van der Waals surface area contributed by atoms with Crippen LogP contribution in [0.15, 0.2) is 16.7 Å². The largest absolute Gasteiger partial charge is 0.381 e. The molecule has 0 aliphatic heterocycles. The molecule has 0 aromatic carbocycles. The molecule has 1 aromatic rings. The van der Waals surface area contributed by atoms with Crippen molar-refractivity contribution >= 4 is 33.2 Å². The van der Waals surface area contributed by atoms with E-state index in [-0.39, 0.29) is 0 Å². The number of pyridine rings is 1. The van der Waals surface area contributed by atoms with Crippen molar-refractivity contribution in [2.75, 3.05) is 5.32 Å². The predicted octanol–water partition coefficient (Wildman–Crippen LogP) is 2.40. The number of nitrogens with one attached hydrogen (secondary N) is 1. The topological polar surface area (TPSA) is 50.9 Å². The van der Waals surface area contributed by atoms with Crippen LogP contribution in [0.5, 0.6) is 0 Å². The summed E-state index contributed by atoms with van der Waals surface area (Å²) in [6.07, 6.45) is 3.79. The van der Waals surface area contributed by atoms with Crippen LogP contribution in [0.3, 0.4) is 0 Å². The van der Waals surface area contributed by atoms with Crippen molar-refractivity contribution in [3.8, 4) is 0 Å². The highest BCUT2D eigenvalue weighted by molar-refractivity contribution is 9.10. The Morgan fingerprint density at radius 1 is 1.57 bits per heavy atom. The minimum Gasteiger partial charge on any atom is -0.381 e. The molecular formula is C9H11BrClN3. The van der Waals surface area contributed by atoms with E-state index in [2.05, 4.69) is 26.2 Å². The van der Waals surface area contributed by atoms with Crippen LogP contribution in [0.25, 0.3) is 0 Å². The summed E-state index contributed by atoms with van der Waals surface area (Å²) in [6, 6.07) is 2.77. The highest BCUT2D eigenvalue weighted by Gasteiger charge is 2.25. The van der Waals surface area contributed by atoms with Gasteiger partial charge in [0.05, 0.1) is 16.4 Å². The number of halogens is 2. The van der Waals surface area contributed by atoms with Gasteiger partial charge in [0.25, 0.3) is 0 Å². The highest BCUT2D eigenvalue weighted by Crippen LogP contribution is 2.26. The van der Waals surface area contributed by atoms with Crippen molar-refractivity contribution in [2.24, 2.45) is 5.73 Å². The van der Waals surface area contributed by atoms with Gasteiger partial charge in [-0.2, -0.15) is 0 Å². The zero-order valence-electron chi connectivity index (χ0n) is 7.50. The summed E-state index contributed by atoms with van der Waals surface area (Å²) < 4.78 is 0.813. The molecule has 14 heavy (non-hydrogen) atoms. The smallest absolute Gasteiger partial charge is 0.143 e. The number of hydrogen-bond acceptors (Lipinski definition) is 3. The first-order valence-corrected chi connectivity index (χ1v) is 5.65. The van der Waals surface area contributed by atoms with Crippen LogP contribution >= 0.6 is 27.5 Å². The summed E-state index contributed by atoms with van der Waals surface area (Å²) in [6.45, 7) is 0. The Bertz CT molecular complexity index is 339. The van der Waals surface area contributed by atoms with Gasteiger partial charge in [0.15, 0.2) is 0 Å². The van der Waals surface area contributed by atoms with E-state index >= 15 is 0 Å². The van der Waals surface area contributed by atoms with Crippen LogP contribution in [0.1, 0.15) is 12.8 Å². The molecule has 1 aliphatic rings. The van der Waals surface area contributed by atoms with Crippen LogP contribution in [-0.2, 0) is 0 Å². The van der Waals surface area contributed by atoms with Crippen molar-refractivity contribution in [3.05, 3.63) is 21.9 Å². The summed E-state index contributed by atoms with van der Waals surface area (Å²) >= 11 is 9.11. The van der Waals surface area contributed by atoms with Gasteiger partial charge in [-0.3, -0.25) is 0 Å². The van der Waals surface area contributed by atoms with E-state index in [4.69, 9.17) is 17.3 Å². The van der Waals surface area contributed by atoms with Gasteiger partial charge in [-0.15, -0.1) is 0 Å². The van der Waals surface area contributed by atoms with Gasteiger partial charge in [-0.25, -0.2) is 4.98 Å². The lowest BCUT2D eigenvalue weighted by atomic mass is 9.87. The zero-order valence-corrected chi connectivity index (χ0v) is 9.85. The Hall–Kier alpha value is -0.320. The van der Waals surface area contributed by atoms with E-state index in [0.717, 1.165) is 23.0 Å². The first-order chi connectivity index (χ1) is 6.65. The maximum atomic E-state index is 5.78. The molecule has 76 valence electrons. The third-order valence-corrected chi connectivity index (χ3v) is 3.48. The fourth-order valence-electron chi connectivity index (χ4n) is 1.52. The normalized spacial score (nSPS) is 25.6. The Morgan fingerprint density at radius 2 is 2.29 bits per heavy atom. The Balaban J connectivity index is 2.00. The molecule has 3 N–H and O–H groups in total. The average molecular weight is 277 g/mol. The molecule has 0 radical (unpaired) electrons. The highest BCUT2D eigenvalue weighted by atomic mass is 79.9. The molecule has 5 heteroatoms. The van der Waals surface area contributed by atoms with E-state index in [1.165, 1.54) is 0 Å². The third-order valence-electron chi connectivity index (χ3n) is 2.34. The van der Waals surface area contributed by atoms with Crippen LogP contribution in [0.2, 0.25) is 5.15 Å². The van der Waals surface area contributed by atoms with Crippen LogP contribution in [-0.4, -0.2) is 17.1 Å². The maximum Gasteiger partial charge on any atom is 0.143 e. The second-order valence-corrected chi connectivity index (χ2v) is 4.78. The van der Waals surface area contributed by atoms with Gasteiger partial charge >= 0.3 is 0 Å². The molecule has 1 fully saturated rings. The van der Waals surface area contributed by atoms with E-state index < -0.39 is 0 Å². The average Bonchev–Trinajstić information content (AvgIpc) is 2.09. The number of aromatic nitrogens is 1. The van der Waals surface area contributed by atoms with Gasteiger partial charge in [-0.1, -0.05) is 11.6 Å². The summed E-state index contributed by atoms with van der Waals surface area (Å²) in [4.78, 5) is 4.03. The second-order valence-electron chi connectivity index (χ2n) is 3.57. The number of rotatable bonds is 2. The van der Waals surface area contributed by atoms with E-state index in [9.17, 15) is 0 Å². The van der Waals surface area contributed by atoms with Crippen molar-refractivity contribution in [2.45, 2.75) is 24.9 Å². The minimum absolute atomic E-state index is 0.358. The quantitative estimate of drug-likeness (QED) is 0.816. The first-order valence-electron chi connectivity index (χ1n) is 4.48. The fourth-order valence-corrected chi connectivity index (χ4v) is 1.97. The van der Waals surface area contributed by atoms with Crippen LogP contribution in [0, 0.1) is 0 Å². The molecule has 3 nitrogen and oxygen atoms in total. The first kappa shape index (κ1) is 10.2. The van der Waals surface area contributed by atoms with Crippen LogP contribution < -0.4 is 11.1 Å². The molecule has 0 atom stereocenters. The van der Waals surface area contributed by atoms with E-state index in [1.807, 2.05) is 6.07 Å². The molecule has 1 aromatic heterocycles. The molecule has 1 saturated carbocycles. The van der Waals surface area contributed by atoms with Crippen LogP contribution in [0.4, 0.5) is 5.69 Å². The van der Waals surface area contributed by atoms with Gasteiger partial charge in [0, 0.05) is 12.1 Å². The molecule has 1 heterocycles. The number of anilines is 1. The molecule has 1 aliphatic carbocycles. The summed E-state index contributed by atoms with van der Waals surface area (Å²) in [5.41, 5.74) is 6.67. The Kier molecular flexibility index (Phi) is 2.95. The molecule has 0 unspecified atom stereocenters. The zero-order chi connectivity index (χ0) is 10.1. The Labute approximate surface area is 96.2 Å². The molecule has 0 bridgehead atoms. The third kappa shape index (κ3) is 2.19. The lowest BCUT2D eigenvalue weighted by Gasteiger charge is -2.33. The fraction of sp³-hybridized carbons (Fsp3) is 0.444. The summed E-state index contributed by atoms with van der Waals surface area (Å²) in [7, 11) is 0. The standard InChI is InChI=1S/C9H11BrClN3/c10-8-3-7(4-13-9(8)11)14-6-1-5(12)2-6/h3-6,14H,1-2,12H2. The van der Waals surface area contributed by atoms with Gasteiger partial charge in [0.1, 0.15) is 5.15 Å².